The molecule has 0 atom stereocenters. The molecule has 4 rings (SSSR count). The number of piperazine rings is 1. The average molecular weight is 391 g/mol. The summed E-state index contributed by atoms with van der Waals surface area (Å²) < 4.78 is 5.26. The van der Waals surface area contributed by atoms with E-state index in [2.05, 4.69) is 56.3 Å². The molecule has 3 aromatic rings. The van der Waals surface area contributed by atoms with Gasteiger partial charge in [0.05, 0.1) is 12.8 Å². The molecule has 0 spiro atoms. The van der Waals surface area contributed by atoms with Gasteiger partial charge in [-0.25, -0.2) is 9.97 Å². The third-order valence-corrected chi connectivity index (χ3v) is 5.03. The summed E-state index contributed by atoms with van der Waals surface area (Å²) in [5, 5.41) is 2.84. The molecule has 7 heteroatoms. The Kier molecular flexibility index (Phi) is 5.46. The van der Waals surface area contributed by atoms with Gasteiger partial charge < -0.3 is 19.5 Å². The maximum absolute atomic E-state index is 12.5. The molecule has 2 aromatic heterocycles. The standard InChI is InChI=1S/C22H25N5O2/c1-16-5-3-6-18(13-16)26-8-10-27(11-9-26)21-14-20(24-17(2)25-21)22(28)23-15-19-7-4-12-29-19/h3-7,12-14H,8-11,15H2,1-2H3,(H,23,28). The van der Waals surface area contributed by atoms with Crippen molar-refractivity contribution in [2.45, 2.75) is 20.4 Å². The van der Waals surface area contributed by atoms with Crippen LogP contribution < -0.4 is 15.1 Å². The molecule has 29 heavy (non-hydrogen) atoms. The van der Waals surface area contributed by atoms with Crippen molar-refractivity contribution >= 4 is 17.4 Å². The van der Waals surface area contributed by atoms with E-state index in [9.17, 15) is 4.79 Å². The lowest BCUT2D eigenvalue weighted by Crippen LogP contribution is -2.47. The topological polar surface area (TPSA) is 74.5 Å². The van der Waals surface area contributed by atoms with Crippen LogP contribution >= 0.6 is 0 Å². The second-order valence-electron chi connectivity index (χ2n) is 7.23. The van der Waals surface area contributed by atoms with E-state index in [1.807, 2.05) is 13.0 Å². The first-order valence-electron chi connectivity index (χ1n) is 9.81. The maximum atomic E-state index is 12.5. The maximum Gasteiger partial charge on any atom is 0.270 e. The molecule has 1 aliphatic rings. The molecule has 1 fully saturated rings. The molecule has 150 valence electrons. The highest BCUT2D eigenvalue weighted by Gasteiger charge is 2.20. The quantitative estimate of drug-likeness (QED) is 0.721. The Morgan fingerprint density at radius 3 is 2.55 bits per heavy atom. The van der Waals surface area contributed by atoms with Gasteiger partial charge in [0.1, 0.15) is 23.1 Å². The fraction of sp³-hybridized carbons (Fsp3) is 0.318. The smallest absolute Gasteiger partial charge is 0.270 e. The van der Waals surface area contributed by atoms with Gasteiger partial charge in [0, 0.05) is 37.9 Å². The zero-order valence-electron chi connectivity index (χ0n) is 16.8. The molecule has 1 N–H and O–H groups in total. The highest BCUT2D eigenvalue weighted by molar-refractivity contribution is 5.92. The number of nitrogens with one attached hydrogen (secondary N) is 1. The number of furan rings is 1. The molecule has 3 heterocycles. The Balaban J connectivity index is 1.42. The first kappa shape index (κ1) is 19.0. The van der Waals surface area contributed by atoms with Gasteiger partial charge >= 0.3 is 0 Å². The number of carbonyl (C=O) groups is 1. The van der Waals surface area contributed by atoms with Crippen molar-refractivity contribution in [1.82, 2.24) is 15.3 Å². The number of aromatic nitrogens is 2. The Labute approximate surface area is 170 Å². The predicted octanol–water partition coefficient (Wildman–Crippen LogP) is 2.94. The van der Waals surface area contributed by atoms with Crippen LogP contribution in [0.5, 0.6) is 0 Å². The van der Waals surface area contributed by atoms with Crippen molar-refractivity contribution in [3.8, 4) is 0 Å². The van der Waals surface area contributed by atoms with Gasteiger partial charge in [-0.2, -0.15) is 0 Å². The van der Waals surface area contributed by atoms with Crippen molar-refractivity contribution in [2.24, 2.45) is 0 Å². The Hall–Kier alpha value is -3.35. The normalized spacial score (nSPS) is 14.1. The molecular formula is C22H25N5O2. The SMILES string of the molecule is Cc1cccc(N2CCN(c3cc(C(=O)NCc4ccco4)nc(C)n3)CC2)c1. The number of hydrogen-bond acceptors (Lipinski definition) is 6. The summed E-state index contributed by atoms with van der Waals surface area (Å²) in [6.07, 6.45) is 1.59. The van der Waals surface area contributed by atoms with Crippen LogP contribution in [0.1, 0.15) is 27.6 Å². The third-order valence-electron chi connectivity index (χ3n) is 5.03. The van der Waals surface area contributed by atoms with Gasteiger partial charge in [-0.1, -0.05) is 12.1 Å². The van der Waals surface area contributed by atoms with Crippen molar-refractivity contribution in [1.29, 1.82) is 0 Å². The Bertz CT molecular complexity index is 979. The van der Waals surface area contributed by atoms with E-state index in [0.29, 0.717) is 23.8 Å². The fourth-order valence-corrected chi connectivity index (χ4v) is 3.52. The summed E-state index contributed by atoms with van der Waals surface area (Å²) in [7, 11) is 0. The molecular weight excluding hydrogens is 366 g/mol. The molecule has 0 bridgehead atoms. The van der Waals surface area contributed by atoms with Crippen LogP contribution in [-0.2, 0) is 6.54 Å². The molecule has 0 radical (unpaired) electrons. The molecule has 1 amide bonds. The molecule has 1 aromatic carbocycles. The van der Waals surface area contributed by atoms with Crippen LogP contribution in [0.25, 0.3) is 0 Å². The van der Waals surface area contributed by atoms with E-state index in [0.717, 1.165) is 32.0 Å². The van der Waals surface area contributed by atoms with Crippen LogP contribution in [0.4, 0.5) is 11.5 Å². The van der Waals surface area contributed by atoms with E-state index >= 15 is 0 Å². The van der Waals surface area contributed by atoms with Crippen molar-refractivity contribution in [2.75, 3.05) is 36.0 Å². The molecule has 0 saturated carbocycles. The van der Waals surface area contributed by atoms with E-state index in [-0.39, 0.29) is 5.91 Å². The monoisotopic (exact) mass is 391 g/mol. The number of amides is 1. The van der Waals surface area contributed by atoms with Crippen LogP contribution in [0.15, 0.2) is 53.1 Å². The van der Waals surface area contributed by atoms with Crippen molar-refractivity contribution in [3.05, 3.63) is 71.6 Å². The average Bonchev–Trinajstić information content (AvgIpc) is 3.25. The van der Waals surface area contributed by atoms with Gasteiger partial charge in [0.15, 0.2) is 0 Å². The molecule has 1 aliphatic heterocycles. The Morgan fingerprint density at radius 1 is 1.03 bits per heavy atom. The summed E-state index contributed by atoms with van der Waals surface area (Å²) in [6.45, 7) is 7.77. The predicted molar refractivity (Wildman–Crippen MR) is 112 cm³/mol. The van der Waals surface area contributed by atoms with E-state index in [1.165, 1.54) is 11.3 Å². The number of aryl methyl sites for hydroxylation is 2. The number of hydrogen-bond donors (Lipinski definition) is 1. The second kappa shape index (κ2) is 8.34. The van der Waals surface area contributed by atoms with E-state index in [4.69, 9.17) is 4.42 Å². The lowest BCUT2D eigenvalue weighted by molar-refractivity contribution is 0.0942. The van der Waals surface area contributed by atoms with Crippen LogP contribution in [0, 0.1) is 13.8 Å². The minimum Gasteiger partial charge on any atom is -0.467 e. The van der Waals surface area contributed by atoms with Crippen LogP contribution in [-0.4, -0.2) is 42.1 Å². The first-order valence-corrected chi connectivity index (χ1v) is 9.81. The molecule has 0 unspecified atom stereocenters. The third kappa shape index (κ3) is 4.56. The summed E-state index contributed by atoms with van der Waals surface area (Å²) in [5.41, 5.74) is 2.89. The molecule has 1 saturated heterocycles. The number of nitrogens with zero attached hydrogens (tertiary/aromatic N) is 4. The van der Waals surface area contributed by atoms with E-state index in [1.54, 1.807) is 18.4 Å². The fourth-order valence-electron chi connectivity index (χ4n) is 3.52. The van der Waals surface area contributed by atoms with Crippen LogP contribution in [0.3, 0.4) is 0 Å². The van der Waals surface area contributed by atoms with Gasteiger partial charge in [0.2, 0.25) is 0 Å². The van der Waals surface area contributed by atoms with Gasteiger partial charge in [-0.05, 0) is 43.7 Å². The minimum atomic E-state index is -0.230. The zero-order valence-corrected chi connectivity index (χ0v) is 16.8. The van der Waals surface area contributed by atoms with E-state index < -0.39 is 0 Å². The molecule has 0 aliphatic carbocycles. The number of rotatable bonds is 5. The number of carbonyl (C=O) groups excluding carboxylic acids is 1. The Morgan fingerprint density at radius 2 is 1.83 bits per heavy atom. The minimum absolute atomic E-state index is 0.230. The zero-order chi connectivity index (χ0) is 20.2. The number of benzene rings is 1. The number of anilines is 2. The highest BCUT2D eigenvalue weighted by atomic mass is 16.3. The summed E-state index contributed by atoms with van der Waals surface area (Å²) in [5.74, 6) is 1.86. The summed E-state index contributed by atoms with van der Waals surface area (Å²) in [6, 6.07) is 14.0. The second-order valence-corrected chi connectivity index (χ2v) is 7.23. The van der Waals surface area contributed by atoms with Crippen LogP contribution in [0.2, 0.25) is 0 Å². The highest BCUT2D eigenvalue weighted by Crippen LogP contribution is 2.21. The lowest BCUT2D eigenvalue weighted by Gasteiger charge is -2.37. The largest absolute Gasteiger partial charge is 0.467 e. The molecule has 7 nitrogen and oxygen atoms in total. The van der Waals surface area contributed by atoms with Gasteiger partial charge in [0.25, 0.3) is 5.91 Å². The van der Waals surface area contributed by atoms with Gasteiger partial charge in [-0.15, -0.1) is 0 Å². The first-order chi connectivity index (χ1) is 14.1. The summed E-state index contributed by atoms with van der Waals surface area (Å²) >= 11 is 0. The van der Waals surface area contributed by atoms with Crippen molar-refractivity contribution < 1.29 is 9.21 Å². The summed E-state index contributed by atoms with van der Waals surface area (Å²) in [4.78, 5) is 26.0. The van der Waals surface area contributed by atoms with Crippen molar-refractivity contribution in [3.63, 3.8) is 0 Å². The lowest BCUT2D eigenvalue weighted by atomic mass is 10.2. The van der Waals surface area contributed by atoms with Gasteiger partial charge in [-0.3, -0.25) is 4.79 Å².